The zero-order valence-corrected chi connectivity index (χ0v) is 21.9. The number of nitrogens with one attached hydrogen (secondary N) is 3. The molecule has 1 atom stereocenters. The Morgan fingerprint density at radius 3 is 2.18 bits per heavy atom. The molecule has 6 N–H and O–H groups in total. The highest BCUT2D eigenvalue weighted by molar-refractivity contribution is 6.03. The van der Waals surface area contributed by atoms with Gasteiger partial charge in [0.2, 0.25) is 11.8 Å². The second-order valence-electron chi connectivity index (χ2n) is 8.65. The van der Waals surface area contributed by atoms with Crippen LogP contribution >= 0.6 is 0 Å². The number of carboxylic acid groups (broad SMARTS) is 1. The number of aryl methyl sites for hydroxylation is 1. The Bertz CT molecular complexity index is 1360. The molecular weight excluding hydrogens is 502 g/mol. The van der Waals surface area contributed by atoms with Gasteiger partial charge in [0.1, 0.15) is 5.75 Å². The molecule has 11 heteroatoms. The molecule has 204 valence electrons. The van der Waals surface area contributed by atoms with Crippen molar-refractivity contribution in [1.82, 2.24) is 5.32 Å². The molecule has 3 rings (SSSR count). The molecule has 0 spiro atoms. The third-order valence-electron chi connectivity index (χ3n) is 5.85. The van der Waals surface area contributed by atoms with E-state index < -0.39 is 23.9 Å². The third kappa shape index (κ3) is 7.55. The fourth-order valence-electron chi connectivity index (χ4n) is 3.96. The van der Waals surface area contributed by atoms with Crippen molar-refractivity contribution in [3.63, 3.8) is 0 Å². The van der Waals surface area contributed by atoms with E-state index in [4.69, 9.17) is 10.5 Å². The van der Waals surface area contributed by atoms with Crippen LogP contribution in [0.3, 0.4) is 0 Å². The number of amides is 4. The van der Waals surface area contributed by atoms with Crippen LogP contribution in [0.5, 0.6) is 5.75 Å². The summed E-state index contributed by atoms with van der Waals surface area (Å²) in [6.45, 7) is 3.01. The first-order chi connectivity index (χ1) is 18.6. The summed E-state index contributed by atoms with van der Waals surface area (Å²) in [6, 6.07) is 17.6. The van der Waals surface area contributed by atoms with Crippen molar-refractivity contribution in [2.24, 2.45) is 5.73 Å². The van der Waals surface area contributed by atoms with Gasteiger partial charge < -0.3 is 31.5 Å². The lowest BCUT2D eigenvalue weighted by molar-refractivity contribution is -0.137. The minimum atomic E-state index is -1.08. The molecule has 0 bridgehead atoms. The van der Waals surface area contributed by atoms with Crippen LogP contribution in [0.15, 0.2) is 66.7 Å². The molecule has 0 heterocycles. The Labute approximate surface area is 225 Å². The molecular formula is C28H31N5O6. The fraction of sp³-hybridized carbons (Fsp3) is 0.214. The lowest BCUT2D eigenvalue weighted by Crippen LogP contribution is -2.34. The number of benzene rings is 3. The van der Waals surface area contributed by atoms with Crippen LogP contribution in [0.2, 0.25) is 0 Å². The highest BCUT2D eigenvalue weighted by atomic mass is 16.5. The number of methoxy groups -OCH3 is 1. The fourth-order valence-corrected chi connectivity index (χ4v) is 3.96. The molecule has 39 heavy (non-hydrogen) atoms. The van der Waals surface area contributed by atoms with Gasteiger partial charge in [-0.3, -0.25) is 19.3 Å². The van der Waals surface area contributed by atoms with E-state index >= 15 is 0 Å². The van der Waals surface area contributed by atoms with E-state index in [1.54, 1.807) is 48.5 Å². The van der Waals surface area contributed by atoms with Gasteiger partial charge in [0.15, 0.2) is 0 Å². The lowest BCUT2D eigenvalue weighted by atomic mass is 10.0. The summed E-state index contributed by atoms with van der Waals surface area (Å²) in [6.07, 6.45) is -0.329. The van der Waals surface area contributed by atoms with E-state index in [1.165, 1.54) is 18.9 Å². The lowest BCUT2D eigenvalue weighted by Gasteiger charge is -2.24. The van der Waals surface area contributed by atoms with Crippen molar-refractivity contribution < 1.29 is 29.0 Å². The molecule has 1 unspecified atom stereocenters. The number of para-hydroxylation sites is 1. The van der Waals surface area contributed by atoms with E-state index in [0.29, 0.717) is 34.1 Å². The molecule has 0 saturated carbocycles. The summed E-state index contributed by atoms with van der Waals surface area (Å²) < 4.78 is 5.48. The number of carbonyl (C=O) groups is 4. The second kappa shape index (κ2) is 13.1. The summed E-state index contributed by atoms with van der Waals surface area (Å²) in [5.41, 5.74) is 8.87. The van der Waals surface area contributed by atoms with Gasteiger partial charge in [-0.05, 0) is 48.4 Å². The smallest absolute Gasteiger partial charge is 0.323 e. The number of nitrogens with zero attached hydrogens (tertiary/aromatic N) is 1. The van der Waals surface area contributed by atoms with Crippen LogP contribution in [-0.4, -0.2) is 42.6 Å². The normalized spacial score (nSPS) is 11.2. The van der Waals surface area contributed by atoms with Gasteiger partial charge in [-0.2, -0.15) is 0 Å². The van der Waals surface area contributed by atoms with Gasteiger partial charge in [0.25, 0.3) is 0 Å². The maximum absolute atomic E-state index is 12.6. The first kappa shape index (κ1) is 28.7. The molecule has 3 aromatic rings. The zero-order chi connectivity index (χ0) is 28.5. The third-order valence-corrected chi connectivity index (χ3v) is 5.85. The molecule has 11 nitrogen and oxygen atoms in total. The number of rotatable bonds is 10. The van der Waals surface area contributed by atoms with Crippen molar-refractivity contribution >= 4 is 46.6 Å². The van der Waals surface area contributed by atoms with E-state index in [2.05, 4.69) is 16.0 Å². The van der Waals surface area contributed by atoms with Crippen molar-refractivity contribution in [2.45, 2.75) is 26.3 Å². The summed E-state index contributed by atoms with van der Waals surface area (Å²) >= 11 is 0. The summed E-state index contributed by atoms with van der Waals surface area (Å²) in [5.74, 6) is -1.52. The van der Waals surface area contributed by atoms with Crippen LogP contribution in [0, 0.1) is 6.92 Å². The molecule has 0 aliphatic carbocycles. The first-order valence-electron chi connectivity index (χ1n) is 12.1. The molecule has 0 aliphatic heterocycles. The minimum absolute atomic E-state index is 0.271. The number of aliphatic carboxylic acids is 1. The number of urea groups is 1. The largest absolute Gasteiger partial charge is 0.494 e. The number of nitrogens with two attached hydrogens (primary N) is 1. The van der Waals surface area contributed by atoms with Gasteiger partial charge in [0.05, 0.1) is 37.5 Å². The van der Waals surface area contributed by atoms with Gasteiger partial charge in [0, 0.05) is 24.4 Å². The number of anilines is 4. The molecule has 3 aromatic carbocycles. The zero-order valence-electron chi connectivity index (χ0n) is 21.9. The Balaban J connectivity index is 1.84. The Morgan fingerprint density at radius 2 is 1.59 bits per heavy atom. The minimum Gasteiger partial charge on any atom is -0.494 e. The Kier molecular flexibility index (Phi) is 9.60. The topological polar surface area (TPSA) is 163 Å². The number of carbonyl (C=O) groups excluding carboxylic acids is 3. The Hall–Kier alpha value is -4.90. The van der Waals surface area contributed by atoms with Crippen LogP contribution < -0.4 is 31.3 Å². The van der Waals surface area contributed by atoms with E-state index in [-0.39, 0.29) is 18.9 Å². The average molecular weight is 534 g/mol. The SMILES string of the molecule is COc1cc(N(C(C)=O)c2ccc(C(CC(=O)O)NC(=O)CN)cc2)ccc1NC(=O)Nc1ccccc1C. The Morgan fingerprint density at radius 1 is 0.949 bits per heavy atom. The van der Waals surface area contributed by atoms with Crippen molar-refractivity contribution in [2.75, 3.05) is 29.2 Å². The van der Waals surface area contributed by atoms with Gasteiger partial charge >= 0.3 is 12.0 Å². The van der Waals surface area contributed by atoms with Crippen LogP contribution in [-0.2, 0) is 14.4 Å². The number of hydrogen-bond acceptors (Lipinski definition) is 6. The molecule has 0 aliphatic rings. The molecule has 0 fully saturated rings. The van der Waals surface area contributed by atoms with Crippen molar-refractivity contribution in [1.29, 1.82) is 0 Å². The van der Waals surface area contributed by atoms with Crippen molar-refractivity contribution in [3.05, 3.63) is 77.9 Å². The predicted octanol–water partition coefficient (Wildman–Crippen LogP) is 3.92. The highest BCUT2D eigenvalue weighted by Crippen LogP contribution is 2.34. The molecule has 0 saturated heterocycles. The van der Waals surface area contributed by atoms with Gasteiger partial charge in [-0.25, -0.2) is 4.79 Å². The van der Waals surface area contributed by atoms with Crippen LogP contribution in [0.1, 0.15) is 30.5 Å². The molecule has 0 radical (unpaired) electrons. The van der Waals surface area contributed by atoms with E-state index in [1.807, 2.05) is 25.1 Å². The molecule has 0 aromatic heterocycles. The predicted molar refractivity (Wildman–Crippen MR) is 148 cm³/mol. The summed E-state index contributed by atoms with van der Waals surface area (Å²) in [5, 5.41) is 17.4. The number of ether oxygens (including phenoxy) is 1. The van der Waals surface area contributed by atoms with Crippen LogP contribution in [0.4, 0.5) is 27.5 Å². The highest BCUT2D eigenvalue weighted by Gasteiger charge is 2.20. The molecule has 4 amide bonds. The van der Waals surface area contributed by atoms with E-state index in [0.717, 1.165) is 5.56 Å². The van der Waals surface area contributed by atoms with Crippen LogP contribution in [0.25, 0.3) is 0 Å². The second-order valence-corrected chi connectivity index (χ2v) is 8.65. The maximum atomic E-state index is 12.6. The first-order valence-corrected chi connectivity index (χ1v) is 12.1. The standard InChI is InChI=1S/C28H31N5O6/c1-17-6-4-5-7-22(17)31-28(38)32-23-13-12-21(14-25(23)39-3)33(18(2)34)20-10-8-19(9-11-20)24(15-27(36)37)30-26(35)16-29/h4-14,24H,15-16,29H2,1-3H3,(H,30,35)(H,36,37)(H2,31,32,38). The average Bonchev–Trinajstić information content (AvgIpc) is 2.90. The maximum Gasteiger partial charge on any atom is 0.323 e. The number of carboxylic acids is 1. The monoisotopic (exact) mass is 533 g/mol. The quantitative estimate of drug-likeness (QED) is 0.264. The van der Waals surface area contributed by atoms with E-state index in [9.17, 15) is 24.3 Å². The van der Waals surface area contributed by atoms with Crippen molar-refractivity contribution in [3.8, 4) is 5.75 Å². The summed E-state index contributed by atoms with van der Waals surface area (Å²) in [7, 11) is 1.45. The summed E-state index contributed by atoms with van der Waals surface area (Å²) in [4.78, 5) is 49.7. The van der Waals surface area contributed by atoms with Gasteiger partial charge in [-0.15, -0.1) is 0 Å². The van der Waals surface area contributed by atoms with Gasteiger partial charge in [-0.1, -0.05) is 30.3 Å². The number of hydrogen-bond donors (Lipinski definition) is 5.